The van der Waals surface area contributed by atoms with Gasteiger partial charge in [0.05, 0.1) is 11.0 Å². The predicted octanol–water partition coefficient (Wildman–Crippen LogP) is 4.67. The van der Waals surface area contributed by atoms with Crippen molar-refractivity contribution in [3.63, 3.8) is 0 Å². The van der Waals surface area contributed by atoms with Crippen LogP contribution in [0.1, 0.15) is 28.7 Å². The zero-order chi connectivity index (χ0) is 21.5. The number of para-hydroxylation sites is 2. The van der Waals surface area contributed by atoms with E-state index in [9.17, 15) is 14.7 Å². The van der Waals surface area contributed by atoms with Crippen molar-refractivity contribution in [2.75, 3.05) is 5.75 Å². The summed E-state index contributed by atoms with van der Waals surface area (Å²) in [6, 6.07) is 21.6. The second kappa shape index (κ2) is 7.78. The molecule has 0 radical (unpaired) electrons. The normalized spacial score (nSPS) is 16.4. The summed E-state index contributed by atoms with van der Waals surface area (Å²) < 4.78 is 3.18. The van der Waals surface area contributed by atoms with Gasteiger partial charge in [0.2, 0.25) is 0 Å². The molecule has 0 amide bonds. The summed E-state index contributed by atoms with van der Waals surface area (Å²) in [5.74, 6) is 0.0691. The zero-order valence-electron chi connectivity index (χ0n) is 17.1. The van der Waals surface area contributed by atoms with Crippen LogP contribution in [0.5, 0.6) is 0 Å². The predicted molar refractivity (Wildman–Crippen MR) is 123 cm³/mol. The van der Waals surface area contributed by atoms with Gasteiger partial charge in [-0.1, -0.05) is 54.6 Å². The first kappa shape index (κ1) is 19.7. The number of imidazole rings is 1. The van der Waals surface area contributed by atoms with E-state index in [1.165, 1.54) is 20.6 Å². The minimum atomic E-state index is -1.08. The van der Waals surface area contributed by atoms with Gasteiger partial charge >= 0.3 is 11.7 Å². The Morgan fingerprint density at radius 1 is 1.03 bits per heavy atom. The van der Waals surface area contributed by atoms with Crippen LogP contribution in [0.3, 0.4) is 0 Å². The fourth-order valence-electron chi connectivity index (χ4n) is 4.64. The van der Waals surface area contributed by atoms with Gasteiger partial charge in [-0.3, -0.25) is 9.13 Å². The van der Waals surface area contributed by atoms with Crippen LogP contribution in [0, 0.1) is 6.92 Å². The number of carboxylic acid groups (broad SMARTS) is 1. The third kappa shape index (κ3) is 3.27. The first-order valence-electron chi connectivity index (χ1n) is 10.3. The minimum Gasteiger partial charge on any atom is -0.479 e. The summed E-state index contributed by atoms with van der Waals surface area (Å²) in [4.78, 5) is 27.2. The maximum atomic E-state index is 13.6. The van der Waals surface area contributed by atoms with Gasteiger partial charge in [0.1, 0.15) is 0 Å². The number of hydrogen-bond donors (Lipinski definition) is 1. The molecule has 4 aromatic rings. The van der Waals surface area contributed by atoms with Gasteiger partial charge < -0.3 is 5.11 Å². The average molecular weight is 431 g/mol. The Morgan fingerprint density at radius 2 is 1.74 bits per heavy atom. The number of fused-ring (bicyclic) bond motifs is 2. The van der Waals surface area contributed by atoms with Gasteiger partial charge in [-0.05, 0) is 41.8 Å². The van der Waals surface area contributed by atoms with Crippen LogP contribution in [0.4, 0.5) is 0 Å². The fraction of sp³-hybridized carbons (Fsp3) is 0.200. The van der Waals surface area contributed by atoms with E-state index in [2.05, 4.69) is 25.1 Å². The third-order valence-corrected chi connectivity index (χ3v) is 7.25. The molecule has 1 aliphatic heterocycles. The molecule has 0 saturated heterocycles. The first-order chi connectivity index (χ1) is 15.1. The molecule has 156 valence electrons. The molecule has 1 aromatic heterocycles. The minimum absolute atomic E-state index is 0.207. The van der Waals surface area contributed by atoms with Crippen molar-refractivity contribution < 1.29 is 9.90 Å². The summed E-state index contributed by atoms with van der Waals surface area (Å²) in [6.45, 7) is 2.64. The second-order valence-electron chi connectivity index (χ2n) is 7.90. The van der Waals surface area contributed by atoms with E-state index in [0.29, 0.717) is 17.6 Å². The molecule has 5 nitrogen and oxygen atoms in total. The van der Waals surface area contributed by atoms with Crippen LogP contribution < -0.4 is 5.69 Å². The zero-order valence-corrected chi connectivity index (χ0v) is 17.9. The maximum absolute atomic E-state index is 13.6. The van der Waals surface area contributed by atoms with E-state index in [1.54, 1.807) is 28.8 Å². The van der Waals surface area contributed by atoms with Crippen molar-refractivity contribution in [3.8, 4) is 0 Å². The third-order valence-electron chi connectivity index (χ3n) is 6.01. The van der Waals surface area contributed by atoms with Crippen LogP contribution in [-0.4, -0.2) is 26.0 Å². The monoisotopic (exact) mass is 430 g/mol. The number of thioether (sulfide) groups is 1. The van der Waals surface area contributed by atoms with Gasteiger partial charge in [-0.2, -0.15) is 0 Å². The number of aryl methyl sites for hydroxylation is 1. The highest BCUT2D eigenvalue weighted by Gasteiger charge is 2.30. The molecular formula is C25H22N2O3S. The molecule has 1 unspecified atom stereocenters. The number of hydrogen-bond acceptors (Lipinski definition) is 3. The molecule has 0 saturated carbocycles. The summed E-state index contributed by atoms with van der Waals surface area (Å²) in [5, 5.41) is 10.1. The van der Waals surface area contributed by atoms with E-state index >= 15 is 0 Å². The van der Waals surface area contributed by atoms with Crippen LogP contribution in [-0.2, 0) is 11.3 Å². The van der Waals surface area contributed by atoms with Gasteiger partial charge in [0.25, 0.3) is 0 Å². The standard InChI is InChI=1S/C25H22N2O3S/c1-16-8-7-13-21-22(16)18(15-31-21)14-26-19-11-5-6-12-20(19)27(25(26)30)23(24(28)29)17-9-3-2-4-10-17/h2-13,18,23H,14-15H2,1H3,(H,28,29)/t18?,23-/m0/s1. The second-order valence-corrected chi connectivity index (χ2v) is 8.96. The van der Waals surface area contributed by atoms with E-state index in [1.807, 2.05) is 42.1 Å². The van der Waals surface area contributed by atoms with Crippen molar-refractivity contribution in [1.82, 2.24) is 9.13 Å². The molecule has 2 atom stereocenters. The highest BCUT2D eigenvalue weighted by molar-refractivity contribution is 7.99. The molecule has 0 spiro atoms. The summed E-state index contributed by atoms with van der Waals surface area (Å²) in [7, 11) is 0. The Labute approximate surface area is 184 Å². The van der Waals surface area contributed by atoms with E-state index in [-0.39, 0.29) is 11.6 Å². The lowest BCUT2D eigenvalue weighted by molar-refractivity contribution is -0.139. The van der Waals surface area contributed by atoms with E-state index in [0.717, 1.165) is 11.3 Å². The number of aromatic nitrogens is 2. The van der Waals surface area contributed by atoms with E-state index in [4.69, 9.17) is 0 Å². The van der Waals surface area contributed by atoms with E-state index < -0.39 is 12.0 Å². The van der Waals surface area contributed by atoms with Crippen LogP contribution >= 0.6 is 11.8 Å². The van der Waals surface area contributed by atoms with Crippen LogP contribution in [0.2, 0.25) is 0 Å². The van der Waals surface area contributed by atoms with Crippen molar-refractivity contribution >= 4 is 28.8 Å². The Hall–Kier alpha value is -3.25. The quantitative estimate of drug-likeness (QED) is 0.500. The molecule has 1 N–H and O–H groups in total. The largest absolute Gasteiger partial charge is 0.479 e. The van der Waals surface area contributed by atoms with Gasteiger partial charge in [-0.15, -0.1) is 11.8 Å². The van der Waals surface area contributed by atoms with Crippen molar-refractivity contribution in [3.05, 3.63) is 100.0 Å². The molecular weight excluding hydrogens is 408 g/mol. The summed E-state index contributed by atoms with van der Waals surface area (Å²) in [5.41, 5.74) is 4.23. The fourth-order valence-corrected chi connectivity index (χ4v) is 5.95. The van der Waals surface area contributed by atoms with Crippen LogP contribution in [0.15, 0.2) is 82.5 Å². The lowest BCUT2D eigenvalue weighted by Crippen LogP contribution is -2.33. The van der Waals surface area contributed by atoms with Crippen molar-refractivity contribution in [2.45, 2.75) is 30.3 Å². The molecule has 3 aromatic carbocycles. The SMILES string of the molecule is Cc1cccc2c1C(Cn1c(=O)n([C@H](C(=O)O)c3ccccc3)c3ccccc31)CS2. The Kier molecular flexibility index (Phi) is 4.94. The highest BCUT2D eigenvalue weighted by Crippen LogP contribution is 2.42. The number of carboxylic acids is 1. The lowest BCUT2D eigenvalue weighted by Gasteiger charge is -2.15. The molecule has 31 heavy (non-hydrogen) atoms. The highest BCUT2D eigenvalue weighted by atomic mass is 32.2. The average Bonchev–Trinajstić information content (AvgIpc) is 3.30. The molecule has 0 aliphatic carbocycles. The Balaban J connectivity index is 1.67. The van der Waals surface area contributed by atoms with Gasteiger partial charge in [-0.25, -0.2) is 9.59 Å². The molecule has 2 heterocycles. The summed E-state index contributed by atoms with van der Waals surface area (Å²) >= 11 is 1.82. The Morgan fingerprint density at radius 3 is 2.48 bits per heavy atom. The number of benzene rings is 3. The molecule has 0 bridgehead atoms. The number of nitrogens with zero attached hydrogens (tertiary/aromatic N) is 2. The molecule has 1 aliphatic rings. The smallest absolute Gasteiger partial charge is 0.331 e. The number of aliphatic carboxylic acids is 1. The maximum Gasteiger partial charge on any atom is 0.331 e. The molecule has 0 fully saturated rings. The number of carbonyl (C=O) groups is 1. The summed E-state index contributed by atoms with van der Waals surface area (Å²) in [6.07, 6.45) is 0. The van der Waals surface area contributed by atoms with Crippen molar-refractivity contribution in [1.29, 1.82) is 0 Å². The number of rotatable bonds is 5. The molecule has 5 rings (SSSR count). The first-order valence-corrected chi connectivity index (χ1v) is 11.2. The molecule has 6 heteroatoms. The topological polar surface area (TPSA) is 64.2 Å². The van der Waals surface area contributed by atoms with Crippen molar-refractivity contribution in [2.24, 2.45) is 0 Å². The van der Waals surface area contributed by atoms with Crippen LogP contribution in [0.25, 0.3) is 11.0 Å². The van der Waals surface area contributed by atoms with Gasteiger partial charge in [0.15, 0.2) is 6.04 Å². The Bertz CT molecular complexity index is 1340. The lowest BCUT2D eigenvalue weighted by atomic mass is 9.96. The van der Waals surface area contributed by atoms with Gasteiger partial charge in [0, 0.05) is 23.1 Å².